The van der Waals surface area contributed by atoms with Gasteiger partial charge in [0.05, 0.1) is 31.9 Å². The standard InChI is InChI=1S/C21H20N2O5/c1-13-18(23-20(28-13)14-6-10-17(26-2)11-7-14)12-19(24)22-16-8-4-15(5-9-16)21(25)27-3/h4-11H,12H2,1-3H3,(H,22,24). The van der Waals surface area contributed by atoms with Crippen LogP contribution in [0.5, 0.6) is 5.75 Å². The monoisotopic (exact) mass is 380 g/mol. The summed E-state index contributed by atoms with van der Waals surface area (Å²) in [6, 6.07) is 13.8. The third-order valence-electron chi connectivity index (χ3n) is 4.15. The summed E-state index contributed by atoms with van der Waals surface area (Å²) in [7, 11) is 2.92. The van der Waals surface area contributed by atoms with Crippen molar-refractivity contribution in [2.45, 2.75) is 13.3 Å². The number of nitrogens with zero attached hydrogens (tertiary/aromatic N) is 1. The summed E-state index contributed by atoms with van der Waals surface area (Å²) in [4.78, 5) is 28.2. The third-order valence-corrected chi connectivity index (χ3v) is 4.15. The molecule has 0 bridgehead atoms. The van der Waals surface area contributed by atoms with Gasteiger partial charge in [0.2, 0.25) is 11.8 Å². The van der Waals surface area contributed by atoms with Crippen molar-refractivity contribution in [1.82, 2.24) is 4.98 Å². The molecule has 0 unspecified atom stereocenters. The van der Waals surface area contributed by atoms with Crippen LogP contribution < -0.4 is 10.1 Å². The summed E-state index contributed by atoms with van der Waals surface area (Å²) in [6.45, 7) is 1.77. The molecule has 0 aliphatic carbocycles. The molecule has 0 atom stereocenters. The molecule has 0 spiro atoms. The van der Waals surface area contributed by atoms with Crippen molar-refractivity contribution in [2.75, 3.05) is 19.5 Å². The minimum Gasteiger partial charge on any atom is -0.497 e. The first-order valence-electron chi connectivity index (χ1n) is 8.59. The van der Waals surface area contributed by atoms with E-state index in [1.807, 2.05) is 24.3 Å². The van der Waals surface area contributed by atoms with E-state index < -0.39 is 5.97 Å². The molecular formula is C21H20N2O5. The molecule has 144 valence electrons. The van der Waals surface area contributed by atoms with Crippen molar-refractivity contribution in [3.63, 3.8) is 0 Å². The van der Waals surface area contributed by atoms with Gasteiger partial charge in [-0.15, -0.1) is 0 Å². The lowest BCUT2D eigenvalue weighted by molar-refractivity contribution is -0.115. The second kappa shape index (κ2) is 8.39. The number of rotatable bonds is 6. The van der Waals surface area contributed by atoms with Crippen LogP contribution in [0.2, 0.25) is 0 Å². The number of anilines is 1. The fraction of sp³-hybridized carbons (Fsp3) is 0.190. The van der Waals surface area contributed by atoms with Gasteiger partial charge in [-0.25, -0.2) is 9.78 Å². The zero-order valence-corrected chi connectivity index (χ0v) is 15.8. The molecule has 7 heteroatoms. The summed E-state index contributed by atoms with van der Waals surface area (Å²) >= 11 is 0. The summed E-state index contributed by atoms with van der Waals surface area (Å²) in [5.74, 6) is 1.11. The number of oxazole rings is 1. The molecule has 0 saturated heterocycles. The molecule has 3 aromatic rings. The van der Waals surface area contributed by atoms with Crippen LogP contribution in [0.25, 0.3) is 11.5 Å². The van der Waals surface area contributed by atoms with E-state index in [1.54, 1.807) is 38.3 Å². The SMILES string of the molecule is COC(=O)c1ccc(NC(=O)Cc2nc(-c3ccc(OC)cc3)oc2C)cc1. The van der Waals surface area contributed by atoms with Crippen molar-refractivity contribution < 1.29 is 23.5 Å². The molecule has 2 aromatic carbocycles. The van der Waals surface area contributed by atoms with E-state index in [-0.39, 0.29) is 12.3 Å². The van der Waals surface area contributed by atoms with Gasteiger partial charge in [0, 0.05) is 11.3 Å². The van der Waals surface area contributed by atoms with Crippen molar-refractivity contribution >= 4 is 17.6 Å². The van der Waals surface area contributed by atoms with Crippen LogP contribution in [0, 0.1) is 6.92 Å². The molecule has 0 saturated carbocycles. The van der Waals surface area contributed by atoms with Crippen molar-refractivity contribution in [2.24, 2.45) is 0 Å². The predicted molar refractivity (Wildman–Crippen MR) is 103 cm³/mol. The number of benzene rings is 2. The number of hydrogen-bond acceptors (Lipinski definition) is 6. The zero-order chi connectivity index (χ0) is 20.1. The largest absolute Gasteiger partial charge is 0.497 e. The zero-order valence-electron chi connectivity index (χ0n) is 15.8. The Kier molecular flexibility index (Phi) is 5.74. The maximum atomic E-state index is 12.3. The minimum atomic E-state index is -0.429. The van der Waals surface area contributed by atoms with Crippen LogP contribution in [0.1, 0.15) is 21.8 Å². The second-order valence-electron chi connectivity index (χ2n) is 6.04. The lowest BCUT2D eigenvalue weighted by Gasteiger charge is -2.05. The van der Waals surface area contributed by atoms with Gasteiger partial charge >= 0.3 is 5.97 Å². The highest BCUT2D eigenvalue weighted by molar-refractivity contribution is 5.93. The average molecular weight is 380 g/mol. The molecule has 3 rings (SSSR count). The van der Waals surface area contributed by atoms with E-state index in [0.717, 1.165) is 11.3 Å². The normalized spacial score (nSPS) is 10.4. The minimum absolute atomic E-state index is 0.0737. The van der Waals surface area contributed by atoms with Crippen LogP contribution in [-0.4, -0.2) is 31.1 Å². The molecule has 1 N–H and O–H groups in total. The van der Waals surface area contributed by atoms with Crippen molar-refractivity contribution in [1.29, 1.82) is 0 Å². The van der Waals surface area contributed by atoms with Gasteiger partial charge in [-0.1, -0.05) is 0 Å². The fourth-order valence-electron chi connectivity index (χ4n) is 2.61. The van der Waals surface area contributed by atoms with Crippen LogP contribution in [-0.2, 0) is 16.0 Å². The number of aromatic nitrogens is 1. The molecule has 0 radical (unpaired) electrons. The van der Waals surface area contributed by atoms with E-state index in [4.69, 9.17) is 9.15 Å². The molecule has 0 fully saturated rings. The number of carbonyl (C=O) groups excluding carboxylic acids is 2. The Balaban J connectivity index is 1.67. The van der Waals surface area contributed by atoms with Gasteiger partial charge in [-0.3, -0.25) is 4.79 Å². The molecular weight excluding hydrogens is 360 g/mol. The fourth-order valence-corrected chi connectivity index (χ4v) is 2.61. The number of ether oxygens (including phenoxy) is 2. The van der Waals surface area contributed by atoms with Gasteiger partial charge in [0.25, 0.3) is 0 Å². The summed E-state index contributed by atoms with van der Waals surface area (Å²) in [5.41, 5.74) is 2.36. The van der Waals surface area contributed by atoms with Gasteiger partial charge < -0.3 is 19.2 Å². The van der Waals surface area contributed by atoms with E-state index in [1.165, 1.54) is 7.11 Å². The quantitative estimate of drug-likeness (QED) is 0.657. The molecule has 0 aliphatic heterocycles. The van der Waals surface area contributed by atoms with E-state index in [9.17, 15) is 9.59 Å². The lowest BCUT2D eigenvalue weighted by Crippen LogP contribution is -2.15. The molecule has 1 heterocycles. The van der Waals surface area contributed by atoms with Crippen LogP contribution in [0.3, 0.4) is 0 Å². The van der Waals surface area contributed by atoms with Gasteiger partial charge in [-0.05, 0) is 55.5 Å². The average Bonchev–Trinajstić information content (AvgIpc) is 3.08. The van der Waals surface area contributed by atoms with E-state index in [0.29, 0.717) is 28.6 Å². The number of carbonyl (C=O) groups is 2. The third kappa shape index (κ3) is 4.37. The van der Waals surface area contributed by atoms with E-state index >= 15 is 0 Å². The Morgan fingerprint density at radius 2 is 1.71 bits per heavy atom. The summed E-state index contributed by atoms with van der Waals surface area (Å²) in [5, 5.41) is 2.78. The summed E-state index contributed by atoms with van der Waals surface area (Å²) < 4.78 is 15.5. The Morgan fingerprint density at radius 1 is 1.04 bits per heavy atom. The van der Waals surface area contributed by atoms with Gasteiger partial charge in [0.1, 0.15) is 11.5 Å². The number of hydrogen-bond donors (Lipinski definition) is 1. The van der Waals surface area contributed by atoms with Crippen LogP contribution >= 0.6 is 0 Å². The maximum Gasteiger partial charge on any atom is 0.337 e. The van der Waals surface area contributed by atoms with E-state index in [2.05, 4.69) is 15.0 Å². The highest BCUT2D eigenvalue weighted by atomic mass is 16.5. The predicted octanol–water partition coefficient (Wildman–Crippen LogP) is 3.63. The Morgan fingerprint density at radius 3 is 2.32 bits per heavy atom. The number of nitrogens with one attached hydrogen (secondary N) is 1. The Bertz CT molecular complexity index is 975. The maximum absolute atomic E-state index is 12.3. The number of methoxy groups -OCH3 is 2. The summed E-state index contributed by atoms with van der Waals surface area (Å²) in [6.07, 6.45) is 0.0737. The van der Waals surface area contributed by atoms with Crippen LogP contribution in [0.15, 0.2) is 52.9 Å². The lowest BCUT2D eigenvalue weighted by atomic mass is 10.2. The number of aryl methyl sites for hydroxylation is 1. The van der Waals surface area contributed by atoms with Crippen LogP contribution in [0.4, 0.5) is 5.69 Å². The van der Waals surface area contributed by atoms with Gasteiger partial charge in [-0.2, -0.15) is 0 Å². The molecule has 28 heavy (non-hydrogen) atoms. The van der Waals surface area contributed by atoms with Crippen molar-refractivity contribution in [3.05, 3.63) is 65.5 Å². The highest BCUT2D eigenvalue weighted by Gasteiger charge is 2.15. The molecule has 1 aromatic heterocycles. The molecule has 1 amide bonds. The number of amides is 1. The smallest absolute Gasteiger partial charge is 0.337 e. The van der Waals surface area contributed by atoms with Gasteiger partial charge in [0.15, 0.2) is 0 Å². The topological polar surface area (TPSA) is 90.7 Å². The number of esters is 1. The Labute approximate surface area is 162 Å². The van der Waals surface area contributed by atoms with Crippen molar-refractivity contribution in [3.8, 4) is 17.2 Å². The first-order chi connectivity index (χ1) is 13.5. The first-order valence-corrected chi connectivity index (χ1v) is 8.59. The second-order valence-corrected chi connectivity index (χ2v) is 6.04. The molecule has 0 aliphatic rings. The first kappa shape index (κ1) is 19.2. The Hall–Kier alpha value is -3.61. The molecule has 7 nitrogen and oxygen atoms in total. The highest BCUT2D eigenvalue weighted by Crippen LogP contribution is 2.24.